The first-order valence-electron chi connectivity index (χ1n) is 11.3. The van der Waals surface area contributed by atoms with E-state index >= 15 is 0 Å². The van der Waals surface area contributed by atoms with Crippen LogP contribution in [0.1, 0.15) is 67.1 Å². The molecule has 3 aromatic rings. The fraction of sp³-hybridized carbons (Fsp3) is 0.417. The summed E-state index contributed by atoms with van der Waals surface area (Å²) in [7, 11) is 0. The first-order chi connectivity index (χ1) is 16.2. The molecule has 0 radical (unpaired) electrons. The Morgan fingerprint density at radius 1 is 1.18 bits per heavy atom. The molecule has 0 aliphatic heterocycles. The number of nitrogens with one attached hydrogen (secondary N) is 2. The molecule has 1 fully saturated rings. The molecule has 0 saturated heterocycles. The minimum Gasteiger partial charge on any atom is -0.381 e. The van der Waals surface area contributed by atoms with Crippen LogP contribution in [0.15, 0.2) is 36.7 Å². The van der Waals surface area contributed by atoms with Gasteiger partial charge in [0.2, 0.25) is 0 Å². The van der Waals surface area contributed by atoms with Gasteiger partial charge in [0, 0.05) is 31.6 Å². The number of amides is 1. The van der Waals surface area contributed by atoms with Gasteiger partial charge in [-0.15, -0.1) is 0 Å². The average molecular weight is 473 g/mol. The van der Waals surface area contributed by atoms with E-state index in [0.717, 1.165) is 12.1 Å². The average Bonchev–Trinajstić information content (AvgIpc) is 3.24. The lowest BCUT2D eigenvalue weighted by Crippen LogP contribution is -2.30. The van der Waals surface area contributed by atoms with Crippen LogP contribution < -0.4 is 10.6 Å². The van der Waals surface area contributed by atoms with Crippen molar-refractivity contribution in [3.05, 3.63) is 53.3 Å². The molecule has 0 bridgehead atoms. The Hall–Kier alpha value is -3.43. The second-order valence-electron chi connectivity index (χ2n) is 8.52. The summed E-state index contributed by atoms with van der Waals surface area (Å²) in [6.45, 7) is 4.27. The van der Waals surface area contributed by atoms with Gasteiger partial charge in [-0.05, 0) is 44.4 Å². The van der Waals surface area contributed by atoms with Crippen LogP contribution in [0.4, 0.5) is 18.9 Å². The fourth-order valence-electron chi connectivity index (χ4n) is 4.19. The van der Waals surface area contributed by atoms with E-state index in [9.17, 15) is 22.8 Å². The number of rotatable bonds is 6. The molecule has 34 heavy (non-hydrogen) atoms. The molecule has 2 heterocycles. The smallest absolute Gasteiger partial charge is 0.381 e. The van der Waals surface area contributed by atoms with Gasteiger partial charge in [0.25, 0.3) is 5.91 Å². The summed E-state index contributed by atoms with van der Waals surface area (Å²) in [5.41, 5.74) is 1.37. The molecule has 1 unspecified atom stereocenters. The van der Waals surface area contributed by atoms with Crippen LogP contribution in [-0.4, -0.2) is 32.5 Å². The van der Waals surface area contributed by atoms with E-state index in [1.165, 1.54) is 18.3 Å². The number of hydrogen-bond donors (Lipinski definition) is 2. The summed E-state index contributed by atoms with van der Waals surface area (Å²) in [6, 6.07) is 4.23. The quantitative estimate of drug-likeness (QED) is 0.533. The third kappa shape index (κ3) is 4.90. The molecular weight excluding hydrogens is 447 g/mol. The van der Waals surface area contributed by atoms with Crippen LogP contribution in [0.25, 0.3) is 11.0 Å². The van der Waals surface area contributed by atoms with Gasteiger partial charge in [-0.2, -0.15) is 18.3 Å². The minimum absolute atomic E-state index is 0.0344. The highest BCUT2D eigenvalue weighted by molar-refractivity contribution is 6.06. The van der Waals surface area contributed by atoms with E-state index < -0.39 is 23.7 Å². The van der Waals surface area contributed by atoms with E-state index in [2.05, 4.69) is 20.7 Å². The van der Waals surface area contributed by atoms with Gasteiger partial charge < -0.3 is 10.6 Å². The first kappa shape index (κ1) is 23.7. The molecule has 1 atom stereocenters. The van der Waals surface area contributed by atoms with Crippen molar-refractivity contribution in [1.82, 2.24) is 20.1 Å². The van der Waals surface area contributed by atoms with Gasteiger partial charge in [-0.25, -0.2) is 9.67 Å². The molecule has 1 aromatic carbocycles. The summed E-state index contributed by atoms with van der Waals surface area (Å²) in [5, 5.41) is 11.4. The van der Waals surface area contributed by atoms with Crippen LogP contribution in [-0.2, 0) is 17.5 Å². The number of aromatic nitrogens is 3. The van der Waals surface area contributed by atoms with Crippen molar-refractivity contribution in [2.45, 2.75) is 64.3 Å². The van der Waals surface area contributed by atoms with Crippen LogP contribution >= 0.6 is 0 Å². The maximum absolute atomic E-state index is 13.2. The number of carbonyl (C=O) groups is 2. The Morgan fingerprint density at radius 2 is 1.85 bits per heavy atom. The molecule has 10 heteroatoms. The predicted octanol–water partition coefficient (Wildman–Crippen LogP) is 4.88. The van der Waals surface area contributed by atoms with Crippen molar-refractivity contribution >= 4 is 28.4 Å². The van der Waals surface area contributed by atoms with Crippen molar-refractivity contribution in [2.24, 2.45) is 0 Å². The summed E-state index contributed by atoms with van der Waals surface area (Å²) in [6.07, 6.45) is 1.07. The Bertz CT molecular complexity index is 1190. The summed E-state index contributed by atoms with van der Waals surface area (Å²) in [5.74, 6) is -0.166. The summed E-state index contributed by atoms with van der Waals surface area (Å²) < 4.78 is 40.3. The Labute approximate surface area is 194 Å². The van der Waals surface area contributed by atoms with Gasteiger partial charge in [0.05, 0.1) is 34.4 Å². The van der Waals surface area contributed by atoms with Crippen LogP contribution in [0, 0.1) is 0 Å². The van der Waals surface area contributed by atoms with Gasteiger partial charge in [0.15, 0.2) is 5.65 Å². The summed E-state index contributed by atoms with van der Waals surface area (Å²) in [4.78, 5) is 29.3. The zero-order valence-electron chi connectivity index (χ0n) is 18.9. The van der Waals surface area contributed by atoms with Crippen LogP contribution in [0.5, 0.6) is 0 Å². The van der Waals surface area contributed by atoms with Crippen LogP contribution in [0.2, 0.25) is 0 Å². The Morgan fingerprint density at radius 3 is 2.47 bits per heavy atom. The third-order valence-corrected chi connectivity index (χ3v) is 6.19. The zero-order chi connectivity index (χ0) is 24.5. The van der Waals surface area contributed by atoms with E-state index in [-0.39, 0.29) is 11.8 Å². The van der Waals surface area contributed by atoms with Crippen molar-refractivity contribution < 1.29 is 22.8 Å². The van der Waals surface area contributed by atoms with Crippen LogP contribution in [0.3, 0.4) is 0 Å². The number of anilines is 1. The molecule has 180 valence electrons. The first-order valence-corrected chi connectivity index (χ1v) is 11.3. The maximum Gasteiger partial charge on any atom is 0.416 e. The maximum atomic E-state index is 13.2. The monoisotopic (exact) mass is 473 g/mol. The number of fused-ring (bicyclic) bond motifs is 1. The molecule has 4 rings (SSSR count). The number of ketones is 1. The Balaban J connectivity index is 1.60. The topological polar surface area (TPSA) is 88.9 Å². The second-order valence-corrected chi connectivity index (χ2v) is 8.52. The molecule has 1 aliphatic rings. The largest absolute Gasteiger partial charge is 0.416 e. The minimum atomic E-state index is -4.42. The van der Waals surface area contributed by atoms with Crippen molar-refractivity contribution in [3.63, 3.8) is 0 Å². The summed E-state index contributed by atoms with van der Waals surface area (Å²) >= 11 is 0. The predicted molar refractivity (Wildman–Crippen MR) is 121 cm³/mol. The number of pyridine rings is 1. The normalized spacial score (nSPS) is 16.0. The molecule has 2 aromatic heterocycles. The Kier molecular flexibility index (Phi) is 6.58. The molecule has 7 nitrogen and oxygen atoms in total. The number of nitrogens with zero attached hydrogens (tertiary/aromatic N) is 3. The highest BCUT2D eigenvalue weighted by Crippen LogP contribution is 2.31. The molecule has 1 saturated carbocycles. The van der Waals surface area contributed by atoms with Gasteiger partial charge in [-0.3, -0.25) is 9.59 Å². The molecule has 1 aliphatic carbocycles. The SMILES string of the molecule is CCn1ncc2c(NC3CCC(=O)CC3)c(C(=O)NC(C)c3ccc(C(F)(F)F)cc3)cnc21. The van der Waals surface area contributed by atoms with E-state index in [1.807, 2.05) is 6.92 Å². The van der Waals surface area contributed by atoms with E-state index in [0.29, 0.717) is 60.1 Å². The lowest BCUT2D eigenvalue weighted by molar-refractivity contribution is -0.137. The van der Waals surface area contributed by atoms with Gasteiger partial charge >= 0.3 is 6.18 Å². The number of hydrogen-bond acceptors (Lipinski definition) is 5. The second kappa shape index (κ2) is 9.44. The number of benzene rings is 1. The molecule has 0 spiro atoms. The van der Waals surface area contributed by atoms with Crippen molar-refractivity contribution in [2.75, 3.05) is 5.32 Å². The highest BCUT2D eigenvalue weighted by atomic mass is 19.4. The molecule has 2 N–H and O–H groups in total. The lowest BCUT2D eigenvalue weighted by atomic mass is 9.94. The zero-order valence-corrected chi connectivity index (χ0v) is 18.9. The molecular formula is C24H26F3N5O2. The molecule has 1 amide bonds. The van der Waals surface area contributed by atoms with Crippen molar-refractivity contribution in [3.8, 4) is 0 Å². The number of alkyl halides is 3. The fourth-order valence-corrected chi connectivity index (χ4v) is 4.19. The third-order valence-electron chi connectivity index (χ3n) is 6.19. The standard InChI is InChI=1S/C24H26F3N5O2/c1-3-32-22-19(13-29-32)21(31-17-8-10-18(33)11-9-17)20(12-28-22)23(34)30-14(2)15-4-6-16(7-5-15)24(25,26)27/h4-7,12-14,17H,3,8-11H2,1-2H3,(H,28,31)(H,30,34). The van der Waals surface area contributed by atoms with E-state index in [4.69, 9.17) is 0 Å². The number of carbonyl (C=O) groups excluding carboxylic acids is 2. The van der Waals surface area contributed by atoms with E-state index in [1.54, 1.807) is 17.8 Å². The highest BCUT2D eigenvalue weighted by Gasteiger charge is 2.30. The number of halogens is 3. The van der Waals surface area contributed by atoms with Crippen molar-refractivity contribution in [1.29, 1.82) is 0 Å². The lowest BCUT2D eigenvalue weighted by Gasteiger charge is -2.25. The van der Waals surface area contributed by atoms with Gasteiger partial charge in [0.1, 0.15) is 5.78 Å². The number of Topliss-reactive ketones (excluding diaryl/α,β-unsaturated/α-hetero) is 1. The van der Waals surface area contributed by atoms with Gasteiger partial charge in [-0.1, -0.05) is 12.1 Å². The number of aryl methyl sites for hydroxylation is 1.